The van der Waals surface area contributed by atoms with Gasteiger partial charge in [-0.2, -0.15) is 0 Å². The predicted octanol–water partition coefficient (Wildman–Crippen LogP) is 2.20. The van der Waals surface area contributed by atoms with Gasteiger partial charge in [0.1, 0.15) is 6.61 Å². The molecule has 1 aromatic rings. The maximum absolute atomic E-state index is 12.1. The highest BCUT2D eigenvalue weighted by Crippen LogP contribution is 2.13. The van der Waals surface area contributed by atoms with E-state index in [9.17, 15) is 19.5 Å². The Balaban J connectivity index is 2.76. The Hall–Kier alpha value is -2.67. The fourth-order valence-corrected chi connectivity index (χ4v) is 1.70. The third kappa shape index (κ3) is 5.85. The second-order valence-electron chi connectivity index (χ2n) is 5.11. The average molecular weight is 336 g/mol. The summed E-state index contributed by atoms with van der Waals surface area (Å²) in [5, 5.41) is 9.59. The van der Waals surface area contributed by atoms with Crippen LogP contribution in [0.25, 0.3) is 0 Å². The molecule has 0 bridgehead atoms. The molecule has 0 aromatic heterocycles. The summed E-state index contributed by atoms with van der Waals surface area (Å²) in [6.07, 6.45) is 0.471. The van der Waals surface area contributed by atoms with Gasteiger partial charge >= 0.3 is 17.9 Å². The Morgan fingerprint density at radius 2 is 1.71 bits per heavy atom. The predicted molar refractivity (Wildman–Crippen MR) is 84.0 cm³/mol. The van der Waals surface area contributed by atoms with Crippen molar-refractivity contribution >= 4 is 17.9 Å². The van der Waals surface area contributed by atoms with E-state index in [1.54, 1.807) is 0 Å². The summed E-state index contributed by atoms with van der Waals surface area (Å²) in [5.41, 5.74) is -0.125. The molecule has 130 valence electrons. The molecule has 1 unspecified atom stereocenters. The summed E-state index contributed by atoms with van der Waals surface area (Å²) in [6, 6.07) is 5.75. The second-order valence-corrected chi connectivity index (χ2v) is 5.11. The fourth-order valence-electron chi connectivity index (χ4n) is 1.70. The minimum absolute atomic E-state index is 0.0559. The molecule has 0 saturated carbocycles. The summed E-state index contributed by atoms with van der Waals surface area (Å²) in [4.78, 5) is 43.9. The van der Waals surface area contributed by atoms with Crippen molar-refractivity contribution in [2.45, 2.75) is 32.8 Å². The minimum Gasteiger partial charge on any atom is -0.459 e. The lowest BCUT2D eigenvalue weighted by atomic mass is 10.1. The molecule has 0 heterocycles. The van der Waals surface area contributed by atoms with E-state index >= 15 is 0 Å². The van der Waals surface area contributed by atoms with Crippen molar-refractivity contribution in [3.63, 3.8) is 0 Å². The normalized spacial score (nSPS) is 11.3. The fraction of sp³-hybridized carbons (Fsp3) is 0.353. The van der Waals surface area contributed by atoms with Gasteiger partial charge in [0.2, 0.25) is 0 Å². The molecule has 1 rings (SSSR count). The summed E-state index contributed by atoms with van der Waals surface area (Å²) < 4.78 is 4.98. The van der Waals surface area contributed by atoms with Crippen molar-refractivity contribution in [2.75, 3.05) is 6.61 Å². The molecule has 1 N–H and O–H groups in total. The van der Waals surface area contributed by atoms with Crippen LogP contribution in [0.3, 0.4) is 0 Å². The van der Waals surface area contributed by atoms with Crippen LogP contribution in [-0.2, 0) is 19.3 Å². The molecule has 7 nitrogen and oxygen atoms in total. The molecule has 0 aliphatic carbocycles. The van der Waals surface area contributed by atoms with E-state index < -0.39 is 24.0 Å². The van der Waals surface area contributed by atoms with Crippen LogP contribution in [0.2, 0.25) is 0 Å². The van der Waals surface area contributed by atoms with Gasteiger partial charge in [-0.1, -0.05) is 32.1 Å². The van der Waals surface area contributed by atoms with E-state index in [-0.39, 0.29) is 23.3 Å². The van der Waals surface area contributed by atoms with Gasteiger partial charge in [-0.05, 0) is 25.5 Å². The van der Waals surface area contributed by atoms with E-state index in [0.29, 0.717) is 6.42 Å². The minimum atomic E-state index is -1.02. The van der Waals surface area contributed by atoms with Crippen LogP contribution < -0.4 is 0 Å². The smallest absolute Gasteiger partial charge is 0.387 e. The van der Waals surface area contributed by atoms with Gasteiger partial charge in [0, 0.05) is 5.57 Å². The molecular weight excluding hydrogens is 316 g/mol. The van der Waals surface area contributed by atoms with Gasteiger partial charge in [-0.25, -0.2) is 24.2 Å². The van der Waals surface area contributed by atoms with Crippen LogP contribution in [0.5, 0.6) is 0 Å². The summed E-state index contributed by atoms with van der Waals surface area (Å²) in [6.45, 7) is 6.45. The number of aliphatic hydroxyl groups is 1. The van der Waals surface area contributed by atoms with Crippen molar-refractivity contribution in [1.29, 1.82) is 0 Å². The molecule has 1 aromatic carbocycles. The van der Waals surface area contributed by atoms with Crippen LogP contribution >= 0.6 is 0 Å². The Morgan fingerprint density at radius 1 is 1.12 bits per heavy atom. The van der Waals surface area contributed by atoms with Gasteiger partial charge in [0.25, 0.3) is 0 Å². The Morgan fingerprint density at radius 3 is 2.25 bits per heavy atom. The van der Waals surface area contributed by atoms with Crippen molar-refractivity contribution < 1.29 is 34.0 Å². The highest BCUT2D eigenvalue weighted by Gasteiger charge is 2.21. The first-order valence-electron chi connectivity index (χ1n) is 7.39. The van der Waals surface area contributed by atoms with Crippen molar-refractivity contribution in [2.24, 2.45) is 0 Å². The number of aliphatic hydroxyl groups excluding tert-OH is 1. The number of hydrogen-bond acceptors (Lipinski definition) is 7. The largest absolute Gasteiger partial charge is 0.459 e. The lowest BCUT2D eigenvalue weighted by molar-refractivity contribution is -0.229. The zero-order valence-electron chi connectivity index (χ0n) is 13.6. The number of carbonyl (C=O) groups excluding carboxylic acids is 3. The van der Waals surface area contributed by atoms with Crippen molar-refractivity contribution in [3.05, 3.63) is 47.5 Å². The maximum atomic E-state index is 12.1. The monoisotopic (exact) mass is 336 g/mol. The molecule has 0 fully saturated rings. The van der Waals surface area contributed by atoms with Crippen LogP contribution in [0.1, 0.15) is 47.4 Å². The lowest BCUT2D eigenvalue weighted by Gasteiger charge is -2.11. The van der Waals surface area contributed by atoms with Crippen molar-refractivity contribution in [1.82, 2.24) is 0 Å². The molecule has 0 radical (unpaired) electrons. The highest BCUT2D eigenvalue weighted by molar-refractivity contribution is 6.03. The number of ether oxygens (including phenoxy) is 1. The highest BCUT2D eigenvalue weighted by atomic mass is 17.2. The van der Waals surface area contributed by atoms with E-state index in [4.69, 9.17) is 4.74 Å². The molecule has 0 aliphatic rings. The Labute approximate surface area is 139 Å². The zero-order valence-corrected chi connectivity index (χ0v) is 13.6. The third-order valence-electron chi connectivity index (χ3n) is 2.94. The summed E-state index contributed by atoms with van der Waals surface area (Å²) >= 11 is 0. The molecule has 0 spiro atoms. The topological polar surface area (TPSA) is 99.1 Å². The second kappa shape index (κ2) is 9.46. The SMILES string of the molecule is C=C(C)C(=O)OOC(=O)c1ccccc1C(=O)OCC(O)CCC. The molecule has 0 amide bonds. The third-order valence-corrected chi connectivity index (χ3v) is 2.94. The quantitative estimate of drug-likeness (QED) is 0.353. The molecule has 7 heteroatoms. The maximum Gasteiger partial charge on any atom is 0.387 e. The zero-order chi connectivity index (χ0) is 18.1. The van der Waals surface area contributed by atoms with Gasteiger partial charge in [0.05, 0.1) is 17.2 Å². The van der Waals surface area contributed by atoms with Crippen LogP contribution in [0.15, 0.2) is 36.4 Å². The van der Waals surface area contributed by atoms with Gasteiger partial charge in [-0.3, -0.25) is 0 Å². The first-order valence-corrected chi connectivity index (χ1v) is 7.39. The standard InChI is InChI=1S/C17H20O7/c1-4-7-12(18)10-22-16(20)13-8-5-6-9-14(13)17(21)24-23-15(19)11(2)3/h5-6,8-9,12,18H,2,4,7,10H2,1,3H3. The molecule has 24 heavy (non-hydrogen) atoms. The number of carbonyl (C=O) groups is 3. The van der Waals surface area contributed by atoms with Crippen LogP contribution in [-0.4, -0.2) is 35.7 Å². The van der Waals surface area contributed by atoms with Crippen LogP contribution in [0.4, 0.5) is 0 Å². The molecule has 1 atom stereocenters. The Kier molecular flexibility index (Phi) is 7.64. The number of esters is 1. The van der Waals surface area contributed by atoms with E-state index in [1.807, 2.05) is 6.92 Å². The molecular formula is C17H20O7. The van der Waals surface area contributed by atoms with E-state index in [1.165, 1.54) is 31.2 Å². The van der Waals surface area contributed by atoms with Crippen molar-refractivity contribution in [3.8, 4) is 0 Å². The first-order chi connectivity index (χ1) is 11.4. The van der Waals surface area contributed by atoms with E-state index in [2.05, 4.69) is 16.4 Å². The average Bonchev–Trinajstić information content (AvgIpc) is 2.57. The van der Waals surface area contributed by atoms with Gasteiger partial charge < -0.3 is 9.84 Å². The van der Waals surface area contributed by atoms with Gasteiger partial charge in [0.15, 0.2) is 0 Å². The molecule has 0 saturated heterocycles. The Bertz CT molecular complexity index is 621. The number of benzene rings is 1. The van der Waals surface area contributed by atoms with Gasteiger partial charge in [-0.15, -0.1) is 0 Å². The summed E-state index contributed by atoms with van der Waals surface area (Å²) in [7, 11) is 0. The van der Waals surface area contributed by atoms with E-state index in [0.717, 1.165) is 6.42 Å². The molecule has 0 aliphatic heterocycles. The summed E-state index contributed by atoms with van der Waals surface area (Å²) in [5.74, 6) is -2.71. The number of rotatable bonds is 7. The first kappa shape index (κ1) is 19.4. The van der Waals surface area contributed by atoms with Crippen LogP contribution in [0, 0.1) is 0 Å². The number of hydrogen-bond donors (Lipinski definition) is 1. The lowest BCUT2D eigenvalue weighted by Crippen LogP contribution is -2.20.